The highest BCUT2D eigenvalue weighted by atomic mass is 16.5. The maximum atomic E-state index is 13.1. The Morgan fingerprint density at radius 2 is 2.13 bits per heavy atom. The quantitative estimate of drug-likeness (QED) is 0.573. The molecule has 4 rings (SSSR count). The van der Waals surface area contributed by atoms with Crippen molar-refractivity contribution in [2.24, 2.45) is 0 Å². The molecule has 3 aromatic rings. The van der Waals surface area contributed by atoms with Gasteiger partial charge in [0.25, 0.3) is 5.88 Å². The summed E-state index contributed by atoms with van der Waals surface area (Å²) in [7, 11) is 5.36. The van der Waals surface area contributed by atoms with E-state index in [1.54, 1.807) is 18.5 Å². The molecule has 1 amide bonds. The van der Waals surface area contributed by atoms with E-state index in [1.165, 1.54) is 7.11 Å². The molecule has 0 N–H and O–H groups in total. The molecule has 0 radical (unpaired) electrons. The van der Waals surface area contributed by atoms with E-state index in [4.69, 9.17) is 14.2 Å². The Morgan fingerprint density at radius 1 is 1.32 bits per heavy atom. The number of aromatic nitrogens is 4. The second-order valence-electron chi connectivity index (χ2n) is 7.68. The van der Waals surface area contributed by atoms with Gasteiger partial charge < -0.3 is 19.1 Å². The van der Waals surface area contributed by atoms with Crippen LogP contribution in [-0.2, 0) is 11.2 Å². The number of carbonyl (C=O) groups is 1. The highest BCUT2D eigenvalue weighted by molar-refractivity contribution is 5.78. The molecule has 0 aromatic carbocycles. The lowest BCUT2D eigenvalue weighted by atomic mass is 10.0. The SMILES string of the molecule is COc1cc(CCC(=O)N2CCC[C@@H]2c2nc(N(C)C)ncc2-c2ccncc2)on1. The Labute approximate surface area is 181 Å². The van der Waals surface area contributed by atoms with Crippen molar-refractivity contribution in [1.82, 2.24) is 25.0 Å². The first-order chi connectivity index (χ1) is 15.1. The van der Waals surface area contributed by atoms with Gasteiger partial charge in [-0.15, -0.1) is 0 Å². The number of aryl methyl sites for hydroxylation is 1. The highest BCUT2D eigenvalue weighted by Gasteiger charge is 2.33. The number of rotatable bonds is 7. The highest BCUT2D eigenvalue weighted by Crippen LogP contribution is 2.37. The maximum Gasteiger partial charge on any atom is 0.254 e. The first-order valence-corrected chi connectivity index (χ1v) is 10.3. The normalized spacial score (nSPS) is 15.8. The minimum Gasteiger partial charge on any atom is -0.479 e. The molecule has 0 bridgehead atoms. The van der Waals surface area contributed by atoms with Gasteiger partial charge in [-0.1, -0.05) is 0 Å². The third-order valence-electron chi connectivity index (χ3n) is 5.42. The van der Waals surface area contributed by atoms with E-state index in [2.05, 4.69) is 15.1 Å². The van der Waals surface area contributed by atoms with E-state index in [0.717, 1.165) is 29.7 Å². The van der Waals surface area contributed by atoms with Gasteiger partial charge in [0.05, 0.1) is 18.8 Å². The van der Waals surface area contributed by atoms with Crippen LogP contribution in [-0.4, -0.2) is 58.7 Å². The minimum absolute atomic E-state index is 0.0727. The van der Waals surface area contributed by atoms with E-state index in [9.17, 15) is 4.79 Å². The third kappa shape index (κ3) is 4.50. The lowest BCUT2D eigenvalue weighted by Gasteiger charge is -2.27. The molecular weight excluding hydrogens is 396 g/mol. The van der Waals surface area contributed by atoms with E-state index in [1.807, 2.05) is 42.2 Å². The first-order valence-electron chi connectivity index (χ1n) is 10.3. The molecule has 0 spiro atoms. The van der Waals surface area contributed by atoms with E-state index < -0.39 is 0 Å². The molecule has 1 saturated heterocycles. The lowest BCUT2D eigenvalue weighted by Crippen LogP contribution is -2.31. The first kappa shape index (κ1) is 20.8. The number of ether oxygens (including phenoxy) is 1. The van der Waals surface area contributed by atoms with Crippen LogP contribution in [0, 0.1) is 0 Å². The Bertz CT molecular complexity index is 1040. The largest absolute Gasteiger partial charge is 0.479 e. The van der Waals surface area contributed by atoms with Crippen LogP contribution in [0.25, 0.3) is 11.1 Å². The van der Waals surface area contributed by atoms with Crippen LogP contribution in [0.3, 0.4) is 0 Å². The van der Waals surface area contributed by atoms with Gasteiger partial charge in [0.15, 0.2) is 0 Å². The van der Waals surface area contributed by atoms with Crippen molar-refractivity contribution in [2.75, 3.05) is 32.6 Å². The standard InChI is InChI=1S/C22H26N6O3/c1-27(2)22-24-14-17(15-8-10-23-11-9-15)21(25-22)18-5-4-12-28(18)20(29)7-6-16-13-19(30-3)26-31-16/h8-11,13-14,18H,4-7,12H2,1-3H3/t18-/m1/s1. The zero-order valence-corrected chi connectivity index (χ0v) is 18.0. The lowest BCUT2D eigenvalue weighted by molar-refractivity contribution is -0.132. The van der Waals surface area contributed by atoms with Crippen LogP contribution in [0.15, 0.2) is 41.3 Å². The number of likely N-dealkylation sites (tertiary alicyclic amines) is 1. The second-order valence-corrected chi connectivity index (χ2v) is 7.68. The summed E-state index contributed by atoms with van der Waals surface area (Å²) in [5.74, 6) is 1.75. The van der Waals surface area contributed by atoms with E-state index in [-0.39, 0.29) is 11.9 Å². The number of anilines is 1. The van der Waals surface area contributed by atoms with Gasteiger partial charge in [-0.3, -0.25) is 9.78 Å². The summed E-state index contributed by atoms with van der Waals surface area (Å²) in [5.41, 5.74) is 2.79. The number of hydrogen-bond acceptors (Lipinski definition) is 8. The summed E-state index contributed by atoms with van der Waals surface area (Å²) >= 11 is 0. The van der Waals surface area contributed by atoms with Crippen molar-refractivity contribution < 1.29 is 14.1 Å². The van der Waals surface area contributed by atoms with Crippen molar-refractivity contribution in [3.8, 4) is 17.0 Å². The molecule has 1 atom stereocenters. The smallest absolute Gasteiger partial charge is 0.254 e. The van der Waals surface area contributed by atoms with Gasteiger partial charge >= 0.3 is 0 Å². The van der Waals surface area contributed by atoms with E-state index >= 15 is 0 Å². The Kier molecular flexibility index (Phi) is 6.11. The fraction of sp³-hybridized carbons (Fsp3) is 0.409. The zero-order valence-electron chi connectivity index (χ0n) is 18.0. The molecule has 1 fully saturated rings. The van der Waals surface area contributed by atoms with Gasteiger partial charge in [-0.2, -0.15) is 0 Å². The molecule has 3 aromatic heterocycles. The third-order valence-corrected chi connectivity index (χ3v) is 5.42. The average Bonchev–Trinajstić information content (AvgIpc) is 3.47. The van der Waals surface area contributed by atoms with Crippen LogP contribution in [0.2, 0.25) is 0 Å². The predicted octanol–water partition coefficient (Wildman–Crippen LogP) is 2.90. The molecule has 1 aliphatic rings. The predicted molar refractivity (Wildman–Crippen MR) is 115 cm³/mol. The molecule has 4 heterocycles. The van der Waals surface area contributed by atoms with Crippen LogP contribution in [0.1, 0.15) is 36.8 Å². The minimum atomic E-state index is -0.0957. The van der Waals surface area contributed by atoms with E-state index in [0.29, 0.717) is 37.0 Å². The Balaban J connectivity index is 1.59. The summed E-state index contributed by atoms with van der Waals surface area (Å²) in [6, 6.07) is 5.50. The van der Waals surface area contributed by atoms with Crippen molar-refractivity contribution in [1.29, 1.82) is 0 Å². The van der Waals surface area contributed by atoms with Crippen LogP contribution >= 0.6 is 0 Å². The summed E-state index contributed by atoms with van der Waals surface area (Å²) in [4.78, 5) is 30.4. The fourth-order valence-electron chi connectivity index (χ4n) is 3.84. The number of carbonyl (C=O) groups excluding carboxylic acids is 1. The van der Waals surface area contributed by atoms with Crippen molar-refractivity contribution in [3.05, 3.63) is 48.2 Å². The van der Waals surface area contributed by atoms with Crippen LogP contribution in [0.4, 0.5) is 5.95 Å². The maximum absolute atomic E-state index is 13.1. The molecule has 0 saturated carbocycles. The van der Waals surface area contributed by atoms with Crippen molar-refractivity contribution >= 4 is 11.9 Å². The molecule has 0 aliphatic carbocycles. The van der Waals surface area contributed by atoms with Crippen molar-refractivity contribution in [2.45, 2.75) is 31.7 Å². The summed E-state index contributed by atoms with van der Waals surface area (Å²) in [6.07, 6.45) is 7.96. The summed E-state index contributed by atoms with van der Waals surface area (Å²) in [5, 5.41) is 3.80. The molecule has 31 heavy (non-hydrogen) atoms. The Hall–Kier alpha value is -3.49. The number of nitrogens with zero attached hydrogens (tertiary/aromatic N) is 6. The molecule has 1 aliphatic heterocycles. The zero-order chi connectivity index (χ0) is 21.8. The number of amides is 1. The summed E-state index contributed by atoms with van der Waals surface area (Å²) in [6.45, 7) is 0.709. The van der Waals surface area contributed by atoms with Gasteiger partial charge in [-0.05, 0) is 35.7 Å². The van der Waals surface area contributed by atoms with Gasteiger partial charge in [0.2, 0.25) is 11.9 Å². The topological polar surface area (TPSA) is 97.5 Å². The molecule has 9 nitrogen and oxygen atoms in total. The second kappa shape index (κ2) is 9.11. The average molecular weight is 422 g/mol. The molecule has 0 unspecified atom stereocenters. The van der Waals surface area contributed by atoms with Gasteiger partial charge in [-0.25, -0.2) is 9.97 Å². The number of pyridine rings is 1. The summed E-state index contributed by atoms with van der Waals surface area (Å²) < 4.78 is 10.3. The number of hydrogen-bond donors (Lipinski definition) is 0. The monoisotopic (exact) mass is 422 g/mol. The van der Waals surface area contributed by atoms with Crippen LogP contribution in [0.5, 0.6) is 5.88 Å². The Morgan fingerprint density at radius 3 is 2.84 bits per heavy atom. The van der Waals surface area contributed by atoms with Gasteiger partial charge in [0, 0.05) is 63.7 Å². The van der Waals surface area contributed by atoms with Crippen molar-refractivity contribution in [3.63, 3.8) is 0 Å². The molecule has 9 heteroatoms. The number of methoxy groups -OCH3 is 1. The van der Waals surface area contributed by atoms with Gasteiger partial charge in [0.1, 0.15) is 5.76 Å². The fourth-order valence-corrected chi connectivity index (χ4v) is 3.84. The molecular formula is C22H26N6O3. The molecule has 162 valence electrons. The van der Waals surface area contributed by atoms with Crippen LogP contribution < -0.4 is 9.64 Å².